The lowest BCUT2D eigenvalue weighted by Crippen LogP contribution is -2.41. The zero-order chi connectivity index (χ0) is 12.8. The van der Waals surface area contributed by atoms with Crippen LogP contribution in [0.3, 0.4) is 0 Å². The molecule has 7 heteroatoms. The minimum Gasteiger partial charge on any atom is -0.395 e. The molecule has 1 heterocycles. The fourth-order valence-electron chi connectivity index (χ4n) is 1.52. The number of nitrogens with two attached hydrogens (primary N) is 1. The van der Waals surface area contributed by atoms with E-state index in [4.69, 9.17) is 10.8 Å². The molecule has 0 saturated heterocycles. The molecule has 0 aromatic carbocycles. The van der Waals surface area contributed by atoms with Crippen molar-refractivity contribution in [3.8, 4) is 0 Å². The number of rotatable bonds is 6. The topological polar surface area (TPSA) is 97.3 Å². The molecule has 1 aromatic rings. The van der Waals surface area contributed by atoms with Crippen molar-refractivity contribution in [1.82, 2.24) is 19.9 Å². The standard InChI is InChI=1S/C10H19N5O2/c1-8(2)15(3-4-16)10(17)7-14-6-9(5-11)12-13-14/h6,8,16H,3-5,7,11H2,1-2H3. The maximum atomic E-state index is 11.9. The summed E-state index contributed by atoms with van der Waals surface area (Å²) in [5, 5.41) is 16.5. The van der Waals surface area contributed by atoms with E-state index in [0.717, 1.165) is 0 Å². The molecule has 0 aliphatic heterocycles. The molecule has 0 atom stereocenters. The molecule has 0 aliphatic carbocycles. The highest BCUT2D eigenvalue weighted by atomic mass is 16.3. The van der Waals surface area contributed by atoms with Crippen LogP contribution in [-0.4, -0.2) is 50.1 Å². The normalized spacial score (nSPS) is 10.9. The van der Waals surface area contributed by atoms with Crippen LogP contribution in [0.25, 0.3) is 0 Å². The molecule has 3 N–H and O–H groups in total. The summed E-state index contributed by atoms with van der Waals surface area (Å²) in [6.07, 6.45) is 1.65. The Morgan fingerprint density at radius 1 is 1.65 bits per heavy atom. The first-order valence-corrected chi connectivity index (χ1v) is 5.58. The van der Waals surface area contributed by atoms with Gasteiger partial charge in [-0.1, -0.05) is 5.21 Å². The molecule has 0 bridgehead atoms. The number of hydrogen-bond donors (Lipinski definition) is 2. The second kappa shape index (κ2) is 6.31. The zero-order valence-corrected chi connectivity index (χ0v) is 10.2. The number of aromatic nitrogens is 3. The molecular weight excluding hydrogens is 222 g/mol. The van der Waals surface area contributed by atoms with Crippen LogP contribution in [0.4, 0.5) is 0 Å². The van der Waals surface area contributed by atoms with Crippen LogP contribution in [0.15, 0.2) is 6.20 Å². The van der Waals surface area contributed by atoms with Crippen molar-refractivity contribution in [2.75, 3.05) is 13.2 Å². The quantitative estimate of drug-likeness (QED) is 0.663. The molecule has 1 aromatic heterocycles. The number of hydrogen-bond acceptors (Lipinski definition) is 5. The summed E-state index contributed by atoms with van der Waals surface area (Å²) in [4.78, 5) is 13.5. The van der Waals surface area contributed by atoms with Gasteiger partial charge in [0, 0.05) is 19.1 Å². The van der Waals surface area contributed by atoms with Crippen LogP contribution in [0.1, 0.15) is 19.5 Å². The highest BCUT2D eigenvalue weighted by Crippen LogP contribution is 2.01. The average molecular weight is 241 g/mol. The third kappa shape index (κ3) is 3.79. The second-order valence-electron chi connectivity index (χ2n) is 4.02. The van der Waals surface area contributed by atoms with E-state index < -0.39 is 0 Å². The lowest BCUT2D eigenvalue weighted by atomic mass is 10.3. The summed E-state index contributed by atoms with van der Waals surface area (Å²) in [6, 6.07) is 0.0483. The van der Waals surface area contributed by atoms with Crippen LogP contribution in [-0.2, 0) is 17.9 Å². The maximum Gasteiger partial charge on any atom is 0.244 e. The number of aliphatic hydroxyl groups is 1. The van der Waals surface area contributed by atoms with Crippen LogP contribution in [0.2, 0.25) is 0 Å². The summed E-state index contributed by atoms with van der Waals surface area (Å²) in [7, 11) is 0. The first-order chi connectivity index (χ1) is 8.08. The first kappa shape index (κ1) is 13.6. The van der Waals surface area contributed by atoms with Crippen LogP contribution in [0, 0.1) is 0 Å². The number of nitrogens with zero attached hydrogens (tertiary/aromatic N) is 4. The van der Waals surface area contributed by atoms with Gasteiger partial charge in [-0.25, -0.2) is 4.68 Å². The Morgan fingerprint density at radius 2 is 2.35 bits per heavy atom. The van der Waals surface area contributed by atoms with Gasteiger partial charge in [-0.2, -0.15) is 0 Å². The molecule has 0 aliphatic rings. The van der Waals surface area contributed by atoms with Crippen LogP contribution < -0.4 is 5.73 Å². The van der Waals surface area contributed by atoms with Gasteiger partial charge in [-0.3, -0.25) is 4.79 Å². The minimum atomic E-state index is -0.0949. The van der Waals surface area contributed by atoms with Crippen molar-refractivity contribution in [2.45, 2.75) is 33.0 Å². The van der Waals surface area contributed by atoms with Gasteiger partial charge in [0.2, 0.25) is 5.91 Å². The highest BCUT2D eigenvalue weighted by Gasteiger charge is 2.17. The predicted octanol–water partition coefficient (Wildman–Crippen LogP) is -1.03. The molecule has 1 amide bonds. The molecule has 1 rings (SSSR count). The second-order valence-corrected chi connectivity index (χ2v) is 4.02. The average Bonchev–Trinajstić information content (AvgIpc) is 2.72. The Labute approximate surface area is 100 Å². The lowest BCUT2D eigenvalue weighted by Gasteiger charge is -2.25. The van der Waals surface area contributed by atoms with Crippen molar-refractivity contribution in [3.63, 3.8) is 0 Å². The molecule has 0 spiro atoms. The van der Waals surface area contributed by atoms with Gasteiger partial charge in [-0.05, 0) is 13.8 Å². The van der Waals surface area contributed by atoms with Crippen LogP contribution in [0.5, 0.6) is 0 Å². The molecule has 0 radical (unpaired) electrons. The SMILES string of the molecule is CC(C)N(CCO)C(=O)Cn1cc(CN)nn1. The Morgan fingerprint density at radius 3 is 2.82 bits per heavy atom. The van der Waals surface area contributed by atoms with Gasteiger partial charge in [0.15, 0.2) is 0 Å². The van der Waals surface area contributed by atoms with E-state index in [9.17, 15) is 4.79 Å². The van der Waals surface area contributed by atoms with E-state index in [1.165, 1.54) is 4.68 Å². The van der Waals surface area contributed by atoms with E-state index in [2.05, 4.69) is 10.3 Å². The summed E-state index contributed by atoms with van der Waals surface area (Å²) >= 11 is 0. The van der Waals surface area contributed by atoms with Crippen molar-refractivity contribution in [1.29, 1.82) is 0 Å². The molecule has 0 unspecified atom stereocenters. The van der Waals surface area contributed by atoms with E-state index in [0.29, 0.717) is 18.8 Å². The predicted molar refractivity (Wildman–Crippen MR) is 61.8 cm³/mol. The van der Waals surface area contributed by atoms with Crippen molar-refractivity contribution < 1.29 is 9.90 Å². The molecule has 7 nitrogen and oxygen atoms in total. The Hall–Kier alpha value is -1.47. The Kier molecular flexibility index (Phi) is 5.05. The summed E-state index contributed by atoms with van der Waals surface area (Å²) in [5.74, 6) is -0.0949. The maximum absolute atomic E-state index is 11.9. The Balaban J connectivity index is 2.62. The summed E-state index contributed by atoms with van der Waals surface area (Å²) in [6.45, 7) is 4.51. The minimum absolute atomic E-state index is 0.0463. The summed E-state index contributed by atoms with van der Waals surface area (Å²) in [5.41, 5.74) is 6.05. The zero-order valence-electron chi connectivity index (χ0n) is 10.2. The molecule has 17 heavy (non-hydrogen) atoms. The fourth-order valence-corrected chi connectivity index (χ4v) is 1.52. The Bertz CT molecular complexity index is 363. The largest absolute Gasteiger partial charge is 0.395 e. The van der Waals surface area contributed by atoms with E-state index in [1.807, 2.05) is 13.8 Å². The fraction of sp³-hybridized carbons (Fsp3) is 0.700. The van der Waals surface area contributed by atoms with E-state index >= 15 is 0 Å². The van der Waals surface area contributed by atoms with Gasteiger partial charge >= 0.3 is 0 Å². The smallest absolute Gasteiger partial charge is 0.244 e. The van der Waals surface area contributed by atoms with E-state index in [-0.39, 0.29) is 25.1 Å². The third-order valence-electron chi connectivity index (χ3n) is 2.38. The molecule has 0 fully saturated rings. The van der Waals surface area contributed by atoms with E-state index in [1.54, 1.807) is 11.1 Å². The van der Waals surface area contributed by atoms with Gasteiger partial charge in [0.1, 0.15) is 6.54 Å². The highest BCUT2D eigenvalue weighted by molar-refractivity contribution is 5.76. The third-order valence-corrected chi connectivity index (χ3v) is 2.38. The number of carbonyl (C=O) groups excluding carboxylic acids is 1. The molecular formula is C10H19N5O2. The first-order valence-electron chi connectivity index (χ1n) is 5.58. The van der Waals surface area contributed by atoms with Crippen molar-refractivity contribution in [2.24, 2.45) is 5.73 Å². The van der Waals surface area contributed by atoms with Gasteiger partial charge < -0.3 is 15.7 Å². The lowest BCUT2D eigenvalue weighted by molar-refractivity contribution is -0.134. The van der Waals surface area contributed by atoms with Gasteiger partial charge in [0.25, 0.3) is 0 Å². The molecule has 96 valence electrons. The van der Waals surface area contributed by atoms with Gasteiger partial charge in [0.05, 0.1) is 18.5 Å². The van der Waals surface area contributed by atoms with Crippen LogP contribution >= 0.6 is 0 Å². The van der Waals surface area contributed by atoms with Gasteiger partial charge in [-0.15, -0.1) is 5.10 Å². The monoisotopic (exact) mass is 241 g/mol. The number of aliphatic hydroxyl groups excluding tert-OH is 1. The van der Waals surface area contributed by atoms with Crippen molar-refractivity contribution >= 4 is 5.91 Å². The van der Waals surface area contributed by atoms with Crippen molar-refractivity contribution in [3.05, 3.63) is 11.9 Å². The number of amides is 1. The summed E-state index contributed by atoms with van der Waals surface area (Å²) < 4.78 is 1.46. The molecule has 0 saturated carbocycles. The number of carbonyl (C=O) groups is 1.